The van der Waals surface area contributed by atoms with Gasteiger partial charge >= 0.3 is 0 Å². The molecule has 3 rings (SSSR count). The number of likely N-dealkylation sites (tertiary alicyclic amines) is 1. The minimum atomic E-state index is -0.0469. The molecule has 2 aliphatic heterocycles. The van der Waals surface area contributed by atoms with E-state index >= 15 is 0 Å². The molecule has 0 radical (unpaired) electrons. The molecule has 0 aliphatic carbocycles. The summed E-state index contributed by atoms with van der Waals surface area (Å²) in [7, 11) is 1.53. The highest BCUT2D eigenvalue weighted by molar-refractivity contribution is 5.92. The fraction of sp³-hybridized carbons (Fsp3) is 0.688. The van der Waals surface area contributed by atoms with Gasteiger partial charge < -0.3 is 14.4 Å². The Morgan fingerprint density at radius 1 is 1.30 bits per heavy atom. The standard InChI is InChI=1S/C16H24N4O3/c1-3-12-10-20(11-14(12)19-6-8-23-9-7-19)16(21)13-4-5-15(22-2)18-17-13/h4-5,12,14H,3,6-11H2,1-2H3/t12-,14+/m1/s1. The highest BCUT2D eigenvalue weighted by atomic mass is 16.5. The van der Waals surface area contributed by atoms with Gasteiger partial charge in [0.15, 0.2) is 5.69 Å². The number of ether oxygens (including phenoxy) is 2. The summed E-state index contributed by atoms with van der Waals surface area (Å²) in [5.41, 5.74) is 0.378. The van der Waals surface area contributed by atoms with Gasteiger partial charge in [-0.15, -0.1) is 10.2 Å². The van der Waals surface area contributed by atoms with E-state index in [9.17, 15) is 4.79 Å². The predicted octanol–water partition coefficient (Wildman–Crippen LogP) is 0.668. The van der Waals surface area contributed by atoms with E-state index in [1.165, 1.54) is 7.11 Å². The van der Waals surface area contributed by atoms with Gasteiger partial charge in [-0.25, -0.2) is 0 Å². The van der Waals surface area contributed by atoms with Crippen LogP contribution in [0.5, 0.6) is 5.88 Å². The van der Waals surface area contributed by atoms with Crippen LogP contribution in [0.2, 0.25) is 0 Å². The topological polar surface area (TPSA) is 67.8 Å². The molecule has 0 N–H and O–H groups in total. The monoisotopic (exact) mass is 320 g/mol. The van der Waals surface area contributed by atoms with Crippen LogP contribution in [-0.2, 0) is 4.74 Å². The highest BCUT2D eigenvalue weighted by Crippen LogP contribution is 2.26. The lowest BCUT2D eigenvalue weighted by atomic mass is 9.99. The van der Waals surface area contributed by atoms with Crippen LogP contribution in [0.1, 0.15) is 23.8 Å². The van der Waals surface area contributed by atoms with Gasteiger partial charge in [-0.05, 0) is 12.0 Å². The van der Waals surface area contributed by atoms with Crippen molar-refractivity contribution in [3.05, 3.63) is 17.8 Å². The summed E-state index contributed by atoms with van der Waals surface area (Å²) in [5.74, 6) is 0.873. The Bertz CT molecular complexity index is 531. The second kappa shape index (κ2) is 7.23. The van der Waals surface area contributed by atoms with Crippen LogP contribution in [0.3, 0.4) is 0 Å². The number of carbonyl (C=O) groups is 1. The molecule has 7 heteroatoms. The number of morpholine rings is 1. The molecule has 2 atom stereocenters. The van der Waals surface area contributed by atoms with Crippen LogP contribution < -0.4 is 4.74 Å². The molecule has 0 spiro atoms. The van der Waals surface area contributed by atoms with Crippen LogP contribution in [-0.4, -0.2) is 78.4 Å². The largest absolute Gasteiger partial charge is 0.480 e. The van der Waals surface area contributed by atoms with Crippen molar-refractivity contribution in [2.45, 2.75) is 19.4 Å². The molecule has 126 valence electrons. The van der Waals surface area contributed by atoms with Crippen LogP contribution in [0.4, 0.5) is 0 Å². The van der Waals surface area contributed by atoms with E-state index in [4.69, 9.17) is 9.47 Å². The third-order valence-corrected chi connectivity index (χ3v) is 4.80. The van der Waals surface area contributed by atoms with E-state index in [1.54, 1.807) is 12.1 Å². The van der Waals surface area contributed by atoms with Crippen LogP contribution in [0, 0.1) is 5.92 Å². The van der Waals surface area contributed by atoms with Crippen molar-refractivity contribution in [3.8, 4) is 5.88 Å². The van der Waals surface area contributed by atoms with Crippen molar-refractivity contribution in [1.29, 1.82) is 0 Å². The van der Waals surface area contributed by atoms with E-state index in [0.717, 1.165) is 45.8 Å². The first-order chi connectivity index (χ1) is 11.2. The van der Waals surface area contributed by atoms with Gasteiger partial charge in [0.2, 0.25) is 5.88 Å². The van der Waals surface area contributed by atoms with Gasteiger partial charge in [0, 0.05) is 38.3 Å². The minimum absolute atomic E-state index is 0.0469. The van der Waals surface area contributed by atoms with Crippen LogP contribution in [0.15, 0.2) is 12.1 Å². The Hall–Kier alpha value is -1.73. The first kappa shape index (κ1) is 16.1. The van der Waals surface area contributed by atoms with Gasteiger partial charge in [0.25, 0.3) is 5.91 Å². The van der Waals surface area contributed by atoms with Crippen LogP contribution in [0.25, 0.3) is 0 Å². The molecular formula is C16H24N4O3. The molecule has 0 aromatic carbocycles. The molecular weight excluding hydrogens is 296 g/mol. The molecule has 0 bridgehead atoms. The number of aromatic nitrogens is 2. The molecule has 2 fully saturated rings. The number of nitrogens with zero attached hydrogens (tertiary/aromatic N) is 4. The summed E-state index contributed by atoms with van der Waals surface area (Å²) in [6.45, 7) is 7.20. The van der Waals surface area contributed by atoms with Gasteiger partial charge in [0.1, 0.15) is 0 Å². The lowest BCUT2D eigenvalue weighted by Gasteiger charge is -2.34. The maximum atomic E-state index is 12.7. The highest BCUT2D eigenvalue weighted by Gasteiger charge is 2.38. The quantitative estimate of drug-likeness (QED) is 0.812. The van der Waals surface area contributed by atoms with Gasteiger partial charge in [-0.1, -0.05) is 13.3 Å². The Balaban J connectivity index is 1.69. The SMILES string of the molecule is CC[C@@H]1CN(C(=O)c2ccc(OC)nn2)C[C@@H]1N1CCOCC1. The number of methoxy groups -OCH3 is 1. The molecule has 3 heterocycles. The Morgan fingerprint density at radius 2 is 2.09 bits per heavy atom. The fourth-order valence-corrected chi connectivity index (χ4v) is 3.45. The summed E-state index contributed by atoms with van der Waals surface area (Å²) in [5, 5.41) is 7.87. The average molecular weight is 320 g/mol. The van der Waals surface area contributed by atoms with Crippen molar-refractivity contribution in [3.63, 3.8) is 0 Å². The van der Waals surface area contributed by atoms with E-state index < -0.39 is 0 Å². The van der Waals surface area contributed by atoms with Gasteiger partial charge in [-0.3, -0.25) is 9.69 Å². The maximum absolute atomic E-state index is 12.7. The third-order valence-electron chi connectivity index (χ3n) is 4.80. The van der Waals surface area contributed by atoms with Crippen molar-refractivity contribution in [2.24, 2.45) is 5.92 Å². The molecule has 7 nitrogen and oxygen atoms in total. The molecule has 1 aromatic rings. The number of amides is 1. The second-order valence-corrected chi connectivity index (χ2v) is 6.06. The molecule has 1 amide bonds. The van der Waals surface area contributed by atoms with Crippen molar-refractivity contribution in [2.75, 3.05) is 46.5 Å². The van der Waals surface area contributed by atoms with E-state index in [-0.39, 0.29) is 5.91 Å². The predicted molar refractivity (Wildman–Crippen MR) is 84.4 cm³/mol. The number of hydrogen-bond donors (Lipinski definition) is 0. The van der Waals surface area contributed by atoms with Crippen molar-refractivity contribution < 1.29 is 14.3 Å². The third kappa shape index (κ3) is 3.45. The zero-order valence-electron chi connectivity index (χ0n) is 13.8. The summed E-state index contributed by atoms with van der Waals surface area (Å²) < 4.78 is 10.4. The van der Waals surface area contributed by atoms with Gasteiger partial charge in [0.05, 0.1) is 20.3 Å². The average Bonchev–Trinajstić information content (AvgIpc) is 3.06. The van der Waals surface area contributed by atoms with E-state index in [1.807, 2.05) is 4.90 Å². The van der Waals surface area contributed by atoms with Gasteiger partial charge in [-0.2, -0.15) is 0 Å². The number of carbonyl (C=O) groups excluding carboxylic acids is 1. The number of rotatable bonds is 4. The lowest BCUT2D eigenvalue weighted by Crippen LogP contribution is -2.47. The Labute approximate surface area is 136 Å². The fourth-order valence-electron chi connectivity index (χ4n) is 3.45. The van der Waals surface area contributed by atoms with Crippen LogP contribution >= 0.6 is 0 Å². The first-order valence-corrected chi connectivity index (χ1v) is 8.21. The summed E-state index contributed by atoms with van der Waals surface area (Å²) >= 11 is 0. The minimum Gasteiger partial charge on any atom is -0.480 e. The molecule has 0 saturated carbocycles. The first-order valence-electron chi connectivity index (χ1n) is 8.21. The molecule has 1 aromatic heterocycles. The smallest absolute Gasteiger partial charge is 0.274 e. The zero-order valence-corrected chi connectivity index (χ0v) is 13.8. The molecule has 2 saturated heterocycles. The summed E-state index contributed by atoms with van der Waals surface area (Å²) in [4.78, 5) is 17.0. The Morgan fingerprint density at radius 3 is 2.70 bits per heavy atom. The number of hydrogen-bond acceptors (Lipinski definition) is 6. The van der Waals surface area contributed by atoms with E-state index in [0.29, 0.717) is 23.5 Å². The van der Waals surface area contributed by atoms with Crippen molar-refractivity contribution >= 4 is 5.91 Å². The van der Waals surface area contributed by atoms with E-state index in [2.05, 4.69) is 22.0 Å². The Kier molecular flexibility index (Phi) is 5.07. The van der Waals surface area contributed by atoms with Crippen molar-refractivity contribution in [1.82, 2.24) is 20.0 Å². The lowest BCUT2D eigenvalue weighted by molar-refractivity contribution is 0.0102. The summed E-state index contributed by atoms with van der Waals surface area (Å²) in [6, 6.07) is 3.77. The normalized spacial score (nSPS) is 25.6. The second-order valence-electron chi connectivity index (χ2n) is 6.06. The summed E-state index contributed by atoms with van der Waals surface area (Å²) in [6.07, 6.45) is 1.07. The zero-order chi connectivity index (χ0) is 16.2. The molecule has 0 unspecified atom stereocenters. The molecule has 23 heavy (non-hydrogen) atoms. The molecule has 2 aliphatic rings. The maximum Gasteiger partial charge on any atom is 0.274 e.